The molecule has 3 rings (SSSR count). The minimum absolute atomic E-state index is 0.180. The molecule has 0 fully saturated rings. The van der Waals surface area contributed by atoms with E-state index in [4.69, 9.17) is 4.74 Å². The zero-order valence-electron chi connectivity index (χ0n) is 16.1. The largest absolute Gasteiger partial charge is 0.497 e. The molecule has 0 bridgehead atoms. The van der Waals surface area contributed by atoms with Crippen LogP contribution in [0.1, 0.15) is 16.7 Å². The van der Waals surface area contributed by atoms with Gasteiger partial charge in [0.2, 0.25) is 0 Å². The van der Waals surface area contributed by atoms with E-state index < -0.39 is 23.1 Å². The Kier molecular flexibility index (Phi) is 6.35. The Hall–Kier alpha value is -3.01. The second kappa shape index (κ2) is 8.78. The number of thioether (sulfide) groups is 1. The molecule has 30 heavy (non-hydrogen) atoms. The SMILES string of the molecule is COc1ccc(Cn2c(SC)nc(=O)n(Cc3ccc(C(F)(F)F)cc3)c2=O)cc1. The number of hydrogen-bond acceptors (Lipinski definition) is 5. The zero-order chi connectivity index (χ0) is 21.9. The number of halogens is 3. The highest BCUT2D eigenvalue weighted by atomic mass is 32.2. The fourth-order valence-corrected chi connectivity index (χ4v) is 3.37. The number of hydrogen-bond donors (Lipinski definition) is 0. The maximum Gasteiger partial charge on any atom is 0.416 e. The van der Waals surface area contributed by atoms with E-state index in [0.717, 1.165) is 34.0 Å². The highest BCUT2D eigenvalue weighted by molar-refractivity contribution is 7.98. The van der Waals surface area contributed by atoms with Crippen LogP contribution >= 0.6 is 11.8 Å². The number of alkyl halides is 3. The molecule has 0 saturated carbocycles. The predicted molar refractivity (Wildman–Crippen MR) is 107 cm³/mol. The summed E-state index contributed by atoms with van der Waals surface area (Å²) in [5, 5.41) is 0.254. The highest BCUT2D eigenvalue weighted by Crippen LogP contribution is 2.29. The van der Waals surface area contributed by atoms with Crippen molar-refractivity contribution in [1.29, 1.82) is 0 Å². The Morgan fingerprint density at radius 2 is 1.47 bits per heavy atom. The van der Waals surface area contributed by atoms with E-state index in [0.29, 0.717) is 11.3 Å². The predicted octanol–water partition coefficient (Wildman–Crippen LogP) is 3.25. The summed E-state index contributed by atoms with van der Waals surface area (Å²) >= 11 is 1.16. The molecule has 0 aliphatic heterocycles. The third kappa shape index (κ3) is 4.76. The Balaban J connectivity index is 1.96. The van der Waals surface area contributed by atoms with Gasteiger partial charge in [0, 0.05) is 0 Å². The lowest BCUT2D eigenvalue weighted by molar-refractivity contribution is -0.137. The average molecular weight is 437 g/mol. The Labute approximate surface area is 174 Å². The van der Waals surface area contributed by atoms with Crippen LogP contribution in [0.15, 0.2) is 63.3 Å². The molecule has 3 aromatic rings. The molecule has 2 aromatic carbocycles. The van der Waals surface area contributed by atoms with Crippen LogP contribution in [0.5, 0.6) is 5.75 Å². The molecule has 0 aliphatic rings. The van der Waals surface area contributed by atoms with E-state index in [2.05, 4.69) is 4.98 Å². The van der Waals surface area contributed by atoms with E-state index >= 15 is 0 Å². The lowest BCUT2D eigenvalue weighted by Crippen LogP contribution is -2.42. The van der Waals surface area contributed by atoms with Crippen molar-refractivity contribution in [3.05, 3.63) is 86.2 Å². The van der Waals surface area contributed by atoms with Gasteiger partial charge in [0.25, 0.3) is 0 Å². The molecule has 1 aromatic heterocycles. The molecule has 1 heterocycles. The molecule has 158 valence electrons. The van der Waals surface area contributed by atoms with Crippen LogP contribution in [0.3, 0.4) is 0 Å². The summed E-state index contributed by atoms with van der Waals surface area (Å²) in [6, 6.07) is 11.4. The van der Waals surface area contributed by atoms with Gasteiger partial charge in [-0.1, -0.05) is 36.0 Å². The van der Waals surface area contributed by atoms with Gasteiger partial charge in [0.15, 0.2) is 5.16 Å². The van der Waals surface area contributed by atoms with Crippen LogP contribution in [-0.2, 0) is 19.3 Å². The first-order valence-electron chi connectivity index (χ1n) is 8.77. The quantitative estimate of drug-likeness (QED) is 0.554. The van der Waals surface area contributed by atoms with Gasteiger partial charge in [-0.2, -0.15) is 18.2 Å². The van der Waals surface area contributed by atoms with Crippen molar-refractivity contribution in [2.45, 2.75) is 24.4 Å². The topological polar surface area (TPSA) is 66.1 Å². The summed E-state index contributed by atoms with van der Waals surface area (Å²) in [5.41, 5.74) is -0.955. The maximum absolute atomic E-state index is 13.0. The van der Waals surface area contributed by atoms with E-state index in [1.165, 1.54) is 16.7 Å². The summed E-state index contributed by atoms with van der Waals surface area (Å²) in [4.78, 5) is 29.3. The third-order valence-corrected chi connectivity index (χ3v) is 5.10. The van der Waals surface area contributed by atoms with Gasteiger partial charge in [-0.25, -0.2) is 14.2 Å². The summed E-state index contributed by atoms with van der Waals surface area (Å²) in [6.07, 6.45) is -2.76. The Morgan fingerprint density at radius 1 is 0.933 bits per heavy atom. The second-order valence-electron chi connectivity index (χ2n) is 6.38. The van der Waals surface area contributed by atoms with Crippen molar-refractivity contribution in [3.63, 3.8) is 0 Å². The van der Waals surface area contributed by atoms with Crippen LogP contribution in [0, 0.1) is 0 Å². The van der Waals surface area contributed by atoms with Crippen molar-refractivity contribution in [3.8, 4) is 5.75 Å². The third-order valence-electron chi connectivity index (χ3n) is 4.42. The van der Waals surface area contributed by atoms with Gasteiger partial charge in [0.05, 0.1) is 25.8 Å². The molecule has 10 heteroatoms. The number of aromatic nitrogens is 3. The molecule has 0 unspecified atom stereocenters. The van der Waals surface area contributed by atoms with E-state index in [-0.39, 0.29) is 18.2 Å². The van der Waals surface area contributed by atoms with Crippen molar-refractivity contribution < 1.29 is 17.9 Å². The van der Waals surface area contributed by atoms with Crippen molar-refractivity contribution >= 4 is 11.8 Å². The first kappa shape index (κ1) is 21.7. The van der Waals surface area contributed by atoms with E-state index in [1.54, 1.807) is 37.6 Å². The van der Waals surface area contributed by atoms with Gasteiger partial charge < -0.3 is 4.74 Å². The highest BCUT2D eigenvalue weighted by Gasteiger charge is 2.30. The first-order valence-corrected chi connectivity index (χ1v) is 10.00. The van der Waals surface area contributed by atoms with Gasteiger partial charge in [0.1, 0.15) is 5.75 Å². The van der Waals surface area contributed by atoms with Crippen molar-refractivity contribution in [1.82, 2.24) is 14.1 Å². The fourth-order valence-electron chi connectivity index (χ4n) is 2.83. The molecule has 0 N–H and O–H groups in total. The van der Waals surface area contributed by atoms with Crippen LogP contribution in [0.2, 0.25) is 0 Å². The first-order chi connectivity index (χ1) is 14.2. The van der Waals surface area contributed by atoms with Gasteiger partial charge in [-0.3, -0.25) is 4.57 Å². The number of methoxy groups -OCH3 is 1. The normalized spacial score (nSPS) is 11.5. The fraction of sp³-hybridized carbons (Fsp3) is 0.250. The summed E-state index contributed by atoms with van der Waals surface area (Å²) in [6.45, 7) is -0.000625. The van der Waals surface area contributed by atoms with Crippen molar-refractivity contribution in [2.24, 2.45) is 0 Å². The molecular formula is C20H18F3N3O3S. The lowest BCUT2D eigenvalue weighted by Gasteiger charge is -2.14. The van der Waals surface area contributed by atoms with Gasteiger partial charge in [-0.15, -0.1) is 0 Å². The minimum atomic E-state index is -4.46. The minimum Gasteiger partial charge on any atom is -0.497 e. The molecule has 0 aliphatic carbocycles. The van der Waals surface area contributed by atoms with Crippen LogP contribution in [0.4, 0.5) is 13.2 Å². The Morgan fingerprint density at radius 3 is 1.97 bits per heavy atom. The van der Waals surface area contributed by atoms with Crippen LogP contribution in [-0.4, -0.2) is 27.5 Å². The molecule has 6 nitrogen and oxygen atoms in total. The smallest absolute Gasteiger partial charge is 0.416 e. The number of ether oxygens (including phenoxy) is 1. The molecule has 0 radical (unpaired) electrons. The van der Waals surface area contributed by atoms with E-state index in [9.17, 15) is 22.8 Å². The summed E-state index contributed by atoms with van der Waals surface area (Å²) in [5.74, 6) is 0.668. The van der Waals surface area contributed by atoms with Gasteiger partial charge in [-0.05, 0) is 41.6 Å². The summed E-state index contributed by atoms with van der Waals surface area (Å²) < 4.78 is 45.6. The lowest BCUT2D eigenvalue weighted by atomic mass is 10.1. The van der Waals surface area contributed by atoms with Crippen LogP contribution < -0.4 is 16.1 Å². The van der Waals surface area contributed by atoms with Crippen molar-refractivity contribution in [2.75, 3.05) is 13.4 Å². The Bertz CT molecular complexity index is 1140. The second-order valence-corrected chi connectivity index (χ2v) is 7.15. The molecular weight excluding hydrogens is 419 g/mol. The molecule has 0 amide bonds. The maximum atomic E-state index is 13.0. The monoisotopic (exact) mass is 437 g/mol. The average Bonchev–Trinajstić information content (AvgIpc) is 2.73. The number of nitrogens with zero attached hydrogens (tertiary/aromatic N) is 3. The zero-order valence-corrected chi connectivity index (χ0v) is 17.0. The number of benzene rings is 2. The van der Waals surface area contributed by atoms with Gasteiger partial charge >= 0.3 is 17.6 Å². The van der Waals surface area contributed by atoms with E-state index in [1.807, 2.05) is 0 Å². The summed E-state index contributed by atoms with van der Waals surface area (Å²) in [7, 11) is 1.55. The molecule has 0 saturated heterocycles. The molecule has 0 spiro atoms. The molecule has 0 atom stereocenters. The standard InChI is InChI=1S/C20H18F3N3O3S/c1-29-16-9-5-14(6-10-16)12-26-18(30-2)24-17(27)25(19(26)28)11-13-3-7-15(8-4-13)20(21,22)23/h3-10H,11-12H2,1-2H3. The van der Waals surface area contributed by atoms with Crippen LogP contribution in [0.25, 0.3) is 0 Å². The number of rotatable bonds is 6.